The van der Waals surface area contributed by atoms with Crippen molar-refractivity contribution in [1.29, 1.82) is 0 Å². The summed E-state index contributed by atoms with van der Waals surface area (Å²) in [5, 5.41) is -0.142. The summed E-state index contributed by atoms with van der Waals surface area (Å²) in [7, 11) is -3.11. The molecule has 2 saturated carbocycles. The van der Waals surface area contributed by atoms with Crippen LogP contribution in [0.1, 0.15) is 51.4 Å². The van der Waals surface area contributed by atoms with Crippen molar-refractivity contribution < 1.29 is 13.2 Å². The topological polar surface area (TPSA) is 54.5 Å². The lowest BCUT2D eigenvalue weighted by molar-refractivity contribution is -0.126. The number of rotatable bonds is 3. The number of ketones is 1. The van der Waals surface area contributed by atoms with E-state index >= 15 is 0 Å². The Morgan fingerprint density at radius 1 is 1.00 bits per heavy atom. The van der Waals surface area contributed by atoms with Crippen molar-refractivity contribution in [2.75, 3.05) is 6.54 Å². The number of Topliss-reactive ketones (excluding diaryl/α,β-unsaturated/α-hetero) is 1. The molecule has 5 heteroatoms. The molecule has 1 saturated heterocycles. The second-order valence-electron chi connectivity index (χ2n) is 5.88. The lowest BCUT2D eigenvalue weighted by Gasteiger charge is -2.32. The highest BCUT2D eigenvalue weighted by molar-refractivity contribution is 7.90. The van der Waals surface area contributed by atoms with Gasteiger partial charge in [-0.15, -0.1) is 0 Å². The molecule has 3 aliphatic rings. The molecule has 0 spiro atoms. The molecule has 0 unspecified atom stereocenters. The van der Waals surface area contributed by atoms with Crippen LogP contribution in [-0.4, -0.2) is 36.3 Å². The number of hydrogen-bond donors (Lipinski definition) is 0. The quantitative estimate of drug-likeness (QED) is 0.785. The smallest absolute Gasteiger partial charge is 0.217 e. The molecule has 1 aliphatic heterocycles. The third-order valence-corrected chi connectivity index (χ3v) is 7.01. The second kappa shape index (κ2) is 4.60. The van der Waals surface area contributed by atoms with Gasteiger partial charge in [-0.05, 0) is 38.5 Å². The van der Waals surface area contributed by atoms with E-state index in [-0.39, 0.29) is 17.2 Å². The first-order valence-corrected chi connectivity index (χ1v) is 8.64. The van der Waals surface area contributed by atoms with Gasteiger partial charge in [0.2, 0.25) is 10.0 Å². The minimum atomic E-state index is -3.11. The SMILES string of the molecule is O=C1CCCC[C@@H]1[C@@H]1CCCN1S(=O)(=O)C1CC1. The molecule has 3 rings (SSSR count). The van der Waals surface area contributed by atoms with E-state index in [4.69, 9.17) is 0 Å². The average molecular weight is 271 g/mol. The number of sulfonamides is 1. The van der Waals surface area contributed by atoms with Gasteiger partial charge in [0, 0.05) is 24.9 Å². The molecular weight excluding hydrogens is 250 g/mol. The van der Waals surface area contributed by atoms with Gasteiger partial charge in [0.1, 0.15) is 5.78 Å². The summed E-state index contributed by atoms with van der Waals surface area (Å²) in [4.78, 5) is 12.0. The third-order valence-electron chi connectivity index (χ3n) is 4.59. The van der Waals surface area contributed by atoms with Crippen molar-refractivity contribution in [3.05, 3.63) is 0 Å². The molecule has 18 heavy (non-hydrogen) atoms. The lowest BCUT2D eigenvalue weighted by atomic mass is 9.82. The Morgan fingerprint density at radius 2 is 1.78 bits per heavy atom. The maximum Gasteiger partial charge on any atom is 0.217 e. The molecule has 2 aliphatic carbocycles. The molecule has 0 aromatic heterocycles. The van der Waals surface area contributed by atoms with Crippen molar-refractivity contribution in [2.45, 2.75) is 62.7 Å². The fourth-order valence-electron chi connectivity index (χ4n) is 3.46. The minimum absolute atomic E-state index is 0.0187. The van der Waals surface area contributed by atoms with Crippen LogP contribution >= 0.6 is 0 Å². The molecule has 1 heterocycles. The van der Waals surface area contributed by atoms with Gasteiger partial charge in [-0.3, -0.25) is 4.79 Å². The van der Waals surface area contributed by atoms with E-state index in [9.17, 15) is 13.2 Å². The summed E-state index contributed by atoms with van der Waals surface area (Å²) in [6, 6.07) is -0.0246. The van der Waals surface area contributed by atoms with Gasteiger partial charge in [-0.25, -0.2) is 8.42 Å². The Labute approximate surface area is 109 Å². The molecule has 0 N–H and O–H groups in total. The lowest BCUT2D eigenvalue weighted by Crippen LogP contribution is -2.44. The summed E-state index contributed by atoms with van der Waals surface area (Å²) < 4.78 is 26.4. The van der Waals surface area contributed by atoms with Crippen molar-refractivity contribution in [3.8, 4) is 0 Å². The molecule has 0 aromatic rings. The Balaban J connectivity index is 1.80. The van der Waals surface area contributed by atoms with Crippen LogP contribution in [0, 0.1) is 5.92 Å². The predicted octanol–water partition coefficient (Wildman–Crippen LogP) is 1.70. The highest BCUT2D eigenvalue weighted by Gasteiger charge is 2.47. The van der Waals surface area contributed by atoms with Crippen molar-refractivity contribution in [2.24, 2.45) is 5.92 Å². The van der Waals surface area contributed by atoms with Gasteiger partial charge in [0.05, 0.1) is 5.25 Å². The average Bonchev–Trinajstić information content (AvgIpc) is 3.09. The van der Waals surface area contributed by atoms with Crippen molar-refractivity contribution in [1.82, 2.24) is 4.31 Å². The third kappa shape index (κ3) is 2.11. The van der Waals surface area contributed by atoms with Crippen LogP contribution in [0.2, 0.25) is 0 Å². The van der Waals surface area contributed by atoms with Gasteiger partial charge in [-0.2, -0.15) is 4.31 Å². The van der Waals surface area contributed by atoms with Gasteiger partial charge in [0.25, 0.3) is 0 Å². The Morgan fingerprint density at radius 3 is 2.44 bits per heavy atom. The molecule has 3 fully saturated rings. The molecular formula is C13H21NO3S. The first-order valence-electron chi connectivity index (χ1n) is 7.14. The van der Waals surface area contributed by atoms with E-state index < -0.39 is 10.0 Å². The molecule has 102 valence electrons. The Kier molecular flexibility index (Phi) is 3.22. The van der Waals surface area contributed by atoms with E-state index in [2.05, 4.69) is 0 Å². The predicted molar refractivity (Wildman–Crippen MR) is 68.6 cm³/mol. The van der Waals surface area contributed by atoms with Crippen molar-refractivity contribution >= 4 is 15.8 Å². The van der Waals surface area contributed by atoms with E-state index in [0.29, 0.717) is 18.7 Å². The molecule has 0 radical (unpaired) electrons. The summed E-state index contributed by atoms with van der Waals surface area (Å²) in [5.74, 6) is 0.277. The Hall–Kier alpha value is -0.420. The maximum atomic E-state index is 12.4. The summed E-state index contributed by atoms with van der Waals surface area (Å²) >= 11 is 0. The molecule has 0 bridgehead atoms. The zero-order chi connectivity index (χ0) is 12.8. The van der Waals surface area contributed by atoms with Crippen LogP contribution in [0.5, 0.6) is 0 Å². The zero-order valence-corrected chi connectivity index (χ0v) is 11.5. The van der Waals surface area contributed by atoms with E-state index in [0.717, 1.165) is 44.9 Å². The fraction of sp³-hybridized carbons (Fsp3) is 0.923. The van der Waals surface area contributed by atoms with E-state index in [1.807, 2.05) is 0 Å². The summed E-state index contributed by atoms with van der Waals surface area (Å²) in [5.41, 5.74) is 0. The van der Waals surface area contributed by atoms with Crippen LogP contribution < -0.4 is 0 Å². The van der Waals surface area contributed by atoms with Gasteiger partial charge in [-0.1, -0.05) is 6.42 Å². The first kappa shape index (κ1) is 12.6. The minimum Gasteiger partial charge on any atom is -0.299 e. The summed E-state index contributed by atoms with van der Waals surface area (Å²) in [6.07, 6.45) is 7.01. The molecule has 0 amide bonds. The number of carbonyl (C=O) groups excluding carboxylic acids is 1. The van der Waals surface area contributed by atoms with Gasteiger partial charge < -0.3 is 0 Å². The summed E-state index contributed by atoms with van der Waals surface area (Å²) in [6.45, 7) is 0.632. The van der Waals surface area contributed by atoms with Crippen LogP contribution in [-0.2, 0) is 14.8 Å². The van der Waals surface area contributed by atoms with E-state index in [1.165, 1.54) is 0 Å². The second-order valence-corrected chi connectivity index (χ2v) is 8.05. The molecule has 0 aromatic carbocycles. The first-order chi connectivity index (χ1) is 8.60. The fourth-order valence-corrected chi connectivity index (χ4v) is 5.59. The monoisotopic (exact) mass is 271 g/mol. The Bertz CT molecular complexity index is 441. The largest absolute Gasteiger partial charge is 0.299 e. The highest BCUT2D eigenvalue weighted by Crippen LogP contribution is 2.39. The highest BCUT2D eigenvalue weighted by atomic mass is 32.2. The number of hydrogen-bond acceptors (Lipinski definition) is 3. The van der Waals surface area contributed by atoms with Gasteiger partial charge in [0.15, 0.2) is 0 Å². The normalized spacial score (nSPS) is 35.0. The number of nitrogens with zero attached hydrogens (tertiary/aromatic N) is 1. The molecule has 4 nitrogen and oxygen atoms in total. The maximum absolute atomic E-state index is 12.4. The van der Waals surface area contributed by atoms with Gasteiger partial charge >= 0.3 is 0 Å². The van der Waals surface area contributed by atoms with Crippen LogP contribution in [0.3, 0.4) is 0 Å². The van der Waals surface area contributed by atoms with Crippen molar-refractivity contribution in [3.63, 3.8) is 0 Å². The van der Waals surface area contributed by atoms with E-state index in [1.54, 1.807) is 4.31 Å². The van der Waals surface area contributed by atoms with Crippen LogP contribution in [0.15, 0.2) is 0 Å². The number of carbonyl (C=O) groups is 1. The van der Waals surface area contributed by atoms with Crippen LogP contribution in [0.25, 0.3) is 0 Å². The zero-order valence-electron chi connectivity index (χ0n) is 10.7. The van der Waals surface area contributed by atoms with Crippen LogP contribution in [0.4, 0.5) is 0 Å². The molecule has 2 atom stereocenters. The standard InChI is InChI=1S/C13H21NO3S/c15-13-6-2-1-4-11(13)12-5-3-9-14(12)18(16,17)10-7-8-10/h10-12H,1-9H2/t11-,12+/m1/s1.